The lowest BCUT2D eigenvalue weighted by Gasteiger charge is -2.14. The predicted octanol–water partition coefficient (Wildman–Crippen LogP) is 3.38. The average molecular weight is 250 g/mol. The number of para-hydroxylation sites is 1. The molecule has 2 aromatic rings. The molecule has 88 valence electrons. The molecular weight excluding hydrogens is 238 g/mol. The molecule has 1 heterocycles. The third-order valence-corrected chi connectivity index (χ3v) is 3.30. The largest absolute Gasteiger partial charge is 0.481 e. The van der Waals surface area contributed by atoms with Gasteiger partial charge in [-0.05, 0) is 31.0 Å². The molecule has 1 N–H and O–H groups in total. The number of rotatable bonds is 2. The molecule has 0 radical (unpaired) electrons. The molecule has 0 aliphatic rings. The number of benzene rings is 1. The summed E-state index contributed by atoms with van der Waals surface area (Å²) in [5, 5.41) is 10.4. The minimum atomic E-state index is -0.861. The quantitative estimate of drug-likeness (QED) is 0.830. The Bertz CT molecular complexity index is 595. The Morgan fingerprint density at radius 1 is 1.41 bits per heavy atom. The Hall–Kier alpha value is -1.61. The topological polar surface area (TPSA) is 50.2 Å². The molecule has 0 amide bonds. The van der Waals surface area contributed by atoms with Gasteiger partial charge in [0.2, 0.25) is 0 Å². The van der Waals surface area contributed by atoms with Crippen LogP contribution in [-0.2, 0) is 4.79 Å². The smallest absolute Gasteiger partial charge is 0.310 e. The summed E-state index contributed by atoms with van der Waals surface area (Å²) in [6, 6.07) is 7.44. The first kappa shape index (κ1) is 11.9. The fraction of sp³-hybridized carbons (Fsp3) is 0.231. The zero-order valence-electron chi connectivity index (χ0n) is 9.57. The van der Waals surface area contributed by atoms with Crippen molar-refractivity contribution in [3.05, 3.63) is 40.5 Å². The molecule has 0 saturated heterocycles. The molecular formula is C13H12ClNO2. The van der Waals surface area contributed by atoms with Crippen molar-refractivity contribution >= 4 is 28.5 Å². The minimum absolute atomic E-state index is 0.367. The molecule has 0 aliphatic carbocycles. The van der Waals surface area contributed by atoms with Gasteiger partial charge in [0.1, 0.15) is 5.15 Å². The molecule has 3 nitrogen and oxygen atoms in total. The molecule has 0 fully saturated rings. The molecule has 4 heteroatoms. The molecule has 1 aromatic carbocycles. The molecule has 1 atom stereocenters. The number of halogens is 1. The van der Waals surface area contributed by atoms with Crippen LogP contribution >= 0.6 is 11.6 Å². The minimum Gasteiger partial charge on any atom is -0.481 e. The second-order valence-corrected chi connectivity index (χ2v) is 4.38. The number of nitrogens with zero attached hydrogens (tertiary/aromatic N) is 1. The predicted molar refractivity (Wildman–Crippen MR) is 67.5 cm³/mol. The summed E-state index contributed by atoms with van der Waals surface area (Å²) in [5.41, 5.74) is 2.21. The summed E-state index contributed by atoms with van der Waals surface area (Å²) in [7, 11) is 0. The Morgan fingerprint density at radius 2 is 2.06 bits per heavy atom. The first-order valence-corrected chi connectivity index (χ1v) is 5.67. The number of fused-ring (bicyclic) bond motifs is 1. The van der Waals surface area contributed by atoms with Crippen LogP contribution in [0.3, 0.4) is 0 Å². The Morgan fingerprint density at radius 3 is 2.71 bits per heavy atom. The monoisotopic (exact) mass is 249 g/mol. The number of carboxylic acid groups (broad SMARTS) is 1. The fourth-order valence-electron chi connectivity index (χ4n) is 1.98. The molecule has 2 rings (SSSR count). The highest BCUT2D eigenvalue weighted by Crippen LogP contribution is 2.31. The number of pyridine rings is 1. The van der Waals surface area contributed by atoms with Gasteiger partial charge in [0.05, 0.1) is 11.4 Å². The molecule has 1 unspecified atom stereocenters. The van der Waals surface area contributed by atoms with E-state index in [9.17, 15) is 4.79 Å². The van der Waals surface area contributed by atoms with Crippen LogP contribution in [0.15, 0.2) is 24.3 Å². The van der Waals surface area contributed by atoms with Gasteiger partial charge in [-0.25, -0.2) is 4.98 Å². The van der Waals surface area contributed by atoms with Crippen LogP contribution in [0.1, 0.15) is 24.0 Å². The third-order valence-electron chi connectivity index (χ3n) is 2.93. The number of aromatic nitrogens is 1. The van der Waals surface area contributed by atoms with Crippen LogP contribution in [0.4, 0.5) is 0 Å². The van der Waals surface area contributed by atoms with Gasteiger partial charge in [-0.1, -0.05) is 29.8 Å². The first-order chi connectivity index (χ1) is 8.02. The van der Waals surface area contributed by atoms with Crippen LogP contribution in [-0.4, -0.2) is 16.1 Å². The van der Waals surface area contributed by atoms with E-state index in [1.807, 2.05) is 24.3 Å². The van der Waals surface area contributed by atoms with E-state index in [2.05, 4.69) is 4.98 Å². The van der Waals surface area contributed by atoms with Gasteiger partial charge < -0.3 is 5.11 Å². The van der Waals surface area contributed by atoms with Crippen LogP contribution < -0.4 is 0 Å². The summed E-state index contributed by atoms with van der Waals surface area (Å²) in [4.78, 5) is 15.4. The van der Waals surface area contributed by atoms with Gasteiger partial charge >= 0.3 is 5.97 Å². The van der Waals surface area contributed by atoms with Crippen molar-refractivity contribution in [2.24, 2.45) is 0 Å². The first-order valence-electron chi connectivity index (χ1n) is 5.30. The summed E-state index contributed by atoms with van der Waals surface area (Å²) >= 11 is 6.04. The number of hydrogen-bond donors (Lipinski definition) is 1. The molecule has 1 aromatic heterocycles. The maximum atomic E-state index is 11.1. The van der Waals surface area contributed by atoms with Gasteiger partial charge in [-0.3, -0.25) is 4.79 Å². The van der Waals surface area contributed by atoms with Gasteiger partial charge in [-0.2, -0.15) is 0 Å². The van der Waals surface area contributed by atoms with E-state index in [0.717, 1.165) is 22.0 Å². The third kappa shape index (κ3) is 1.98. The standard InChI is InChI=1S/C13H12ClNO2/c1-7-11(8(2)13(16)17)9-5-3-4-6-10(9)15-12(7)14/h3-6,8H,1-2H3,(H,16,17). The van der Waals surface area contributed by atoms with E-state index in [-0.39, 0.29) is 0 Å². The number of carbonyl (C=O) groups is 1. The van der Waals surface area contributed by atoms with E-state index in [4.69, 9.17) is 16.7 Å². The van der Waals surface area contributed by atoms with Gasteiger partial charge in [0, 0.05) is 5.39 Å². The van der Waals surface area contributed by atoms with Crippen molar-refractivity contribution in [1.29, 1.82) is 0 Å². The zero-order chi connectivity index (χ0) is 12.6. The van der Waals surface area contributed by atoms with Crippen LogP contribution in [0.5, 0.6) is 0 Å². The van der Waals surface area contributed by atoms with Gasteiger partial charge in [0.25, 0.3) is 0 Å². The lowest BCUT2D eigenvalue weighted by Crippen LogP contribution is -2.10. The molecule has 0 aliphatic heterocycles. The number of hydrogen-bond acceptors (Lipinski definition) is 2. The van der Waals surface area contributed by atoms with Crippen molar-refractivity contribution in [2.75, 3.05) is 0 Å². The molecule has 0 spiro atoms. The Balaban J connectivity index is 2.83. The molecule has 0 bridgehead atoms. The maximum absolute atomic E-state index is 11.1. The highest BCUT2D eigenvalue weighted by atomic mass is 35.5. The second-order valence-electron chi connectivity index (χ2n) is 4.02. The van der Waals surface area contributed by atoms with Crippen molar-refractivity contribution < 1.29 is 9.90 Å². The normalized spacial score (nSPS) is 12.6. The molecule has 0 saturated carbocycles. The van der Waals surface area contributed by atoms with E-state index in [0.29, 0.717) is 5.15 Å². The fourth-order valence-corrected chi connectivity index (χ4v) is 2.18. The summed E-state index contributed by atoms with van der Waals surface area (Å²) in [5.74, 6) is -1.46. The number of aliphatic carboxylic acids is 1. The maximum Gasteiger partial charge on any atom is 0.310 e. The van der Waals surface area contributed by atoms with E-state index < -0.39 is 11.9 Å². The van der Waals surface area contributed by atoms with Crippen LogP contribution in [0.2, 0.25) is 5.15 Å². The Kier molecular flexibility index (Phi) is 3.03. The average Bonchev–Trinajstić information content (AvgIpc) is 2.30. The Labute approximate surface area is 104 Å². The summed E-state index contributed by atoms with van der Waals surface area (Å²) in [6.45, 7) is 3.46. The second kappa shape index (κ2) is 4.34. The van der Waals surface area contributed by atoms with E-state index >= 15 is 0 Å². The summed E-state index contributed by atoms with van der Waals surface area (Å²) < 4.78 is 0. The summed E-state index contributed by atoms with van der Waals surface area (Å²) in [6.07, 6.45) is 0. The lowest BCUT2D eigenvalue weighted by molar-refractivity contribution is -0.138. The lowest BCUT2D eigenvalue weighted by atomic mass is 9.93. The zero-order valence-corrected chi connectivity index (χ0v) is 10.3. The SMILES string of the molecule is Cc1c(Cl)nc2ccccc2c1C(C)C(=O)O. The molecule has 17 heavy (non-hydrogen) atoms. The van der Waals surface area contributed by atoms with Gasteiger partial charge in [-0.15, -0.1) is 0 Å². The van der Waals surface area contributed by atoms with E-state index in [1.54, 1.807) is 13.8 Å². The van der Waals surface area contributed by atoms with Crippen LogP contribution in [0.25, 0.3) is 10.9 Å². The van der Waals surface area contributed by atoms with Crippen LogP contribution in [0, 0.1) is 6.92 Å². The van der Waals surface area contributed by atoms with Crippen molar-refractivity contribution in [1.82, 2.24) is 4.98 Å². The highest BCUT2D eigenvalue weighted by Gasteiger charge is 2.21. The van der Waals surface area contributed by atoms with Crippen molar-refractivity contribution in [2.45, 2.75) is 19.8 Å². The highest BCUT2D eigenvalue weighted by molar-refractivity contribution is 6.30. The van der Waals surface area contributed by atoms with E-state index in [1.165, 1.54) is 0 Å². The van der Waals surface area contributed by atoms with Gasteiger partial charge in [0.15, 0.2) is 0 Å². The van der Waals surface area contributed by atoms with Crippen molar-refractivity contribution in [3.8, 4) is 0 Å². The number of carboxylic acids is 1. The van der Waals surface area contributed by atoms with Crippen molar-refractivity contribution in [3.63, 3.8) is 0 Å².